The predicted octanol–water partition coefficient (Wildman–Crippen LogP) is 1.66. The summed E-state index contributed by atoms with van der Waals surface area (Å²) in [6, 6.07) is -0.866. The Balaban J connectivity index is 2.87. The molecule has 0 aliphatic carbocycles. The standard InChI is InChI=1S/C15H27N3O5S/c1-6-7-8-16-9-10-17(12-16)11-13(2)18(24(20,21)22)14(19)23-15(3,4)5/h9-10,12-13H,6-8,11H2,1-5H3/t13-/m0/s1. The lowest BCUT2D eigenvalue weighted by molar-refractivity contribution is -0.699. The number of rotatable bonds is 7. The Morgan fingerprint density at radius 2 is 2.04 bits per heavy atom. The van der Waals surface area contributed by atoms with Gasteiger partial charge in [-0.05, 0) is 34.1 Å². The monoisotopic (exact) mass is 361 g/mol. The number of imidazole rings is 1. The quantitative estimate of drug-likeness (QED) is 0.544. The van der Waals surface area contributed by atoms with Crippen LogP contribution >= 0.6 is 0 Å². The minimum absolute atomic E-state index is 0.167. The van der Waals surface area contributed by atoms with E-state index in [0.717, 1.165) is 19.4 Å². The van der Waals surface area contributed by atoms with Crippen LogP contribution in [0.15, 0.2) is 18.7 Å². The SMILES string of the molecule is CCCCn1cc[n+](C[C@H](C)N(C(=O)OC(C)(C)C)S(=O)(=O)[O-])c1. The Morgan fingerprint density at radius 3 is 2.54 bits per heavy atom. The average Bonchev–Trinajstić information content (AvgIpc) is 2.79. The lowest BCUT2D eigenvalue weighted by Crippen LogP contribution is -2.51. The number of unbranched alkanes of at least 4 members (excludes halogenated alkanes) is 1. The van der Waals surface area contributed by atoms with Crippen molar-refractivity contribution in [1.29, 1.82) is 0 Å². The zero-order valence-electron chi connectivity index (χ0n) is 14.9. The van der Waals surface area contributed by atoms with Crippen molar-refractivity contribution < 1.29 is 27.1 Å². The first-order valence-electron chi connectivity index (χ1n) is 7.97. The van der Waals surface area contributed by atoms with Crippen molar-refractivity contribution in [1.82, 2.24) is 8.87 Å². The molecule has 0 spiro atoms. The molecule has 1 amide bonds. The van der Waals surface area contributed by atoms with Gasteiger partial charge in [0.15, 0.2) is 10.3 Å². The van der Waals surface area contributed by atoms with Crippen LogP contribution in [0.1, 0.15) is 47.5 Å². The summed E-state index contributed by atoms with van der Waals surface area (Å²) in [5.74, 6) is 0. The summed E-state index contributed by atoms with van der Waals surface area (Å²) in [6.07, 6.45) is 6.40. The first-order valence-corrected chi connectivity index (χ1v) is 9.33. The third kappa shape index (κ3) is 6.48. The molecule has 0 saturated heterocycles. The normalized spacial score (nSPS) is 13.6. The molecule has 0 aromatic carbocycles. The highest BCUT2D eigenvalue weighted by molar-refractivity contribution is 7.83. The van der Waals surface area contributed by atoms with Gasteiger partial charge >= 0.3 is 6.09 Å². The highest BCUT2D eigenvalue weighted by atomic mass is 32.2. The Labute approximate surface area is 143 Å². The number of carbonyl (C=O) groups excluding carboxylic acids is 1. The summed E-state index contributed by atoms with van der Waals surface area (Å²) in [6.45, 7) is 9.43. The number of nitrogens with zero attached hydrogens (tertiary/aromatic N) is 3. The molecule has 0 aliphatic rings. The van der Waals surface area contributed by atoms with E-state index in [-0.39, 0.29) is 10.8 Å². The van der Waals surface area contributed by atoms with E-state index in [0.29, 0.717) is 0 Å². The molecule has 1 atom stereocenters. The number of carbonyl (C=O) groups is 1. The van der Waals surface area contributed by atoms with Gasteiger partial charge in [0, 0.05) is 0 Å². The highest BCUT2D eigenvalue weighted by Crippen LogP contribution is 2.14. The van der Waals surface area contributed by atoms with E-state index in [4.69, 9.17) is 4.74 Å². The van der Waals surface area contributed by atoms with Crippen molar-refractivity contribution in [3.8, 4) is 0 Å². The maximum atomic E-state index is 12.1. The molecule has 1 rings (SSSR count). The van der Waals surface area contributed by atoms with Crippen molar-refractivity contribution in [2.45, 2.75) is 72.2 Å². The highest BCUT2D eigenvalue weighted by Gasteiger charge is 2.31. The van der Waals surface area contributed by atoms with Gasteiger partial charge in [-0.25, -0.2) is 26.7 Å². The van der Waals surface area contributed by atoms with E-state index in [1.807, 2.05) is 17.1 Å². The maximum absolute atomic E-state index is 12.1. The van der Waals surface area contributed by atoms with Crippen molar-refractivity contribution in [3.05, 3.63) is 18.7 Å². The number of aryl methyl sites for hydroxylation is 1. The van der Waals surface area contributed by atoms with Crippen LogP contribution in [0.5, 0.6) is 0 Å². The molecule has 1 aromatic rings. The van der Waals surface area contributed by atoms with Crippen LogP contribution in [0, 0.1) is 0 Å². The fraction of sp³-hybridized carbons (Fsp3) is 0.733. The molecule has 9 heteroatoms. The van der Waals surface area contributed by atoms with Gasteiger partial charge in [0.25, 0.3) is 0 Å². The van der Waals surface area contributed by atoms with Gasteiger partial charge in [-0.1, -0.05) is 13.3 Å². The second kappa shape index (κ2) is 7.98. The van der Waals surface area contributed by atoms with Gasteiger partial charge in [-0.15, -0.1) is 0 Å². The topological polar surface area (TPSA) is 95.5 Å². The van der Waals surface area contributed by atoms with Gasteiger partial charge in [-0.3, -0.25) is 0 Å². The first kappa shape index (κ1) is 20.4. The molecule has 0 bridgehead atoms. The van der Waals surface area contributed by atoms with Crippen molar-refractivity contribution in [3.63, 3.8) is 0 Å². The fourth-order valence-corrected chi connectivity index (χ4v) is 2.92. The molecule has 8 nitrogen and oxygen atoms in total. The molecule has 138 valence electrons. The summed E-state index contributed by atoms with van der Waals surface area (Å²) in [5, 5.41) is 0. The molecular formula is C15H27N3O5S. The van der Waals surface area contributed by atoms with Crippen LogP contribution in [0.4, 0.5) is 4.79 Å². The van der Waals surface area contributed by atoms with Crippen LogP contribution in [-0.4, -0.2) is 39.6 Å². The molecule has 0 fully saturated rings. The van der Waals surface area contributed by atoms with E-state index >= 15 is 0 Å². The number of ether oxygens (including phenoxy) is 1. The summed E-state index contributed by atoms with van der Waals surface area (Å²) in [4.78, 5) is 12.1. The molecule has 0 N–H and O–H groups in total. The van der Waals surface area contributed by atoms with E-state index in [1.165, 1.54) is 6.92 Å². The summed E-state index contributed by atoms with van der Waals surface area (Å²) in [5.41, 5.74) is -0.892. The van der Waals surface area contributed by atoms with E-state index in [2.05, 4.69) is 6.92 Å². The van der Waals surface area contributed by atoms with Crippen molar-refractivity contribution in [2.24, 2.45) is 0 Å². The summed E-state index contributed by atoms with van der Waals surface area (Å²) < 4.78 is 43.5. The van der Waals surface area contributed by atoms with Crippen molar-refractivity contribution >= 4 is 16.4 Å². The van der Waals surface area contributed by atoms with Crippen LogP contribution in [0.2, 0.25) is 0 Å². The molecule has 1 aromatic heterocycles. The Hall–Kier alpha value is -1.61. The Bertz CT molecular complexity index is 648. The van der Waals surface area contributed by atoms with Gasteiger partial charge in [0.2, 0.25) is 6.33 Å². The number of amides is 1. The third-order valence-corrected chi connectivity index (χ3v) is 4.20. The fourth-order valence-electron chi connectivity index (χ4n) is 2.20. The van der Waals surface area contributed by atoms with E-state index < -0.39 is 28.0 Å². The average molecular weight is 361 g/mol. The van der Waals surface area contributed by atoms with Crippen LogP contribution < -0.4 is 4.57 Å². The molecule has 0 aliphatic heterocycles. The van der Waals surface area contributed by atoms with Crippen LogP contribution in [0.25, 0.3) is 0 Å². The number of hydrogen-bond donors (Lipinski definition) is 0. The van der Waals surface area contributed by atoms with Crippen LogP contribution in [-0.2, 0) is 28.1 Å². The maximum Gasteiger partial charge on any atom is 0.423 e. The lowest BCUT2D eigenvalue weighted by Gasteiger charge is -2.32. The Kier molecular flexibility index (Phi) is 6.79. The van der Waals surface area contributed by atoms with Gasteiger partial charge in [0.05, 0.1) is 12.6 Å². The molecule has 0 saturated carbocycles. The zero-order valence-corrected chi connectivity index (χ0v) is 15.7. The van der Waals surface area contributed by atoms with Gasteiger partial charge in [0.1, 0.15) is 24.5 Å². The smallest absolute Gasteiger partial charge is 0.423 e. The lowest BCUT2D eigenvalue weighted by atomic mass is 10.2. The van der Waals surface area contributed by atoms with E-state index in [9.17, 15) is 17.8 Å². The van der Waals surface area contributed by atoms with E-state index in [1.54, 1.807) is 31.5 Å². The van der Waals surface area contributed by atoms with Crippen molar-refractivity contribution in [2.75, 3.05) is 0 Å². The first-order chi connectivity index (χ1) is 10.9. The summed E-state index contributed by atoms with van der Waals surface area (Å²) in [7, 11) is -4.97. The predicted molar refractivity (Wildman–Crippen MR) is 86.8 cm³/mol. The number of hydrogen-bond acceptors (Lipinski definition) is 5. The molecule has 0 radical (unpaired) electrons. The third-order valence-electron chi connectivity index (χ3n) is 3.21. The van der Waals surface area contributed by atoms with Gasteiger partial charge in [-0.2, -0.15) is 0 Å². The second-order valence-corrected chi connectivity index (χ2v) is 8.03. The zero-order chi connectivity index (χ0) is 18.5. The van der Waals surface area contributed by atoms with Crippen LogP contribution in [0.3, 0.4) is 0 Å². The Morgan fingerprint density at radius 1 is 1.42 bits per heavy atom. The largest absolute Gasteiger partial charge is 0.731 e. The molecule has 1 heterocycles. The molecule has 0 unspecified atom stereocenters. The summed E-state index contributed by atoms with van der Waals surface area (Å²) >= 11 is 0. The minimum Gasteiger partial charge on any atom is -0.731 e. The minimum atomic E-state index is -4.97. The van der Waals surface area contributed by atoms with Gasteiger partial charge < -0.3 is 9.29 Å². The second-order valence-electron chi connectivity index (χ2n) is 6.78. The number of aromatic nitrogens is 2. The molecular weight excluding hydrogens is 334 g/mol. The molecule has 24 heavy (non-hydrogen) atoms.